The van der Waals surface area contributed by atoms with Crippen LogP contribution < -0.4 is 4.90 Å². The van der Waals surface area contributed by atoms with E-state index in [1.807, 2.05) is 26.2 Å². The predicted octanol–water partition coefficient (Wildman–Crippen LogP) is 1.22. The molecule has 0 spiro atoms. The number of anilines is 1. The standard InChI is InChI=1S/C17H25N5O3S/c1-12-9-25-6-5-22(12)26(23,24)10-13-7-14(8-13)21(2)17-15-3-4-18-16(15)19-11-20-17/h3-4,11-14H,5-10H2,1-2H3,(H,18,19,20)/t12-,13?,14?/m1/s1. The number of H-pyrrole nitrogens is 1. The topological polar surface area (TPSA) is 91.4 Å². The van der Waals surface area contributed by atoms with Gasteiger partial charge in [-0.05, 0) is 31.7 Å². The van der Waals surface area contributed by atoms with Crippen molar-refractivity contribution in [3.63, 3.8) is 0 Å². The van der Waals surface area contributed by atoms with Gasteiger partial charge in [0.25, 0.3) is 0 Å². The van der Waals surface area contributed by atoms with Gasteiger partial charge in [-0.25, -0.2) is 18.4 Å². The minimum atomic E-state index is -3.23. The number of sulfonamides is 1. The van der Waals surface area contributed by atoms with Crippen LogP contribution in [0, 0.1) is 5.92 Å². The Morgan fingerprint density at radius 1 is 1.38 bits per heavy atom. The second-order valence-electron chi connectivity index (χ2n) is 7.35. The zero-order valence-electron chi connectivity index (χ0n) is 15.1. The molecule has 1 saturated carbocycles. The van der Waals surface area contributed by atoms with Gasteiger partial charge in [-0.3, -0.25) is 0 Å². The first kappa shape index (κ1) is 17.7. The Hall–Kier alpha value is -1.71. The third-order valence-corrected chi connectivity index (χ3v) is 7.69. The molecule has 2 aliphatic rings. The molecular formula is C17H25N5O3S. The molecule has 0 unspecified atom stereocenters. The van der Waals surface area contributed by atoms with Crippen LogP contribution in [0.15, 0.2) is 18.6 Å². The van der Waals surface area contributed by atoms with Crippen LogP contribution in [0.5, 0.6) is 0 Å². The number of morpholine rings is 1. The first-order chi connectivity index (χ1) is 12.5. The van der Waals surface area contributed by atoms with Crippen molar-refractivity contribution in [1.82, 2.24) is 19.3 Å². The number of nitrogens with one attached hydrogen (secondary N) is 1. The average Bonchev–Trinajstić information content (AvgIpc) is 3.06. The summed E-state index contributed by atoms with van der Waals surface area (Å²) in [6.07, 6.45) is 5.15. The van der Waals surface area contributed by atoms with Gasteiger partial charge < -0.3 is 14.6 Å². The number of nitrogens with zero attached hydrogens (tertiary/aromatic N) is 4. The van der Waals surface area contributed by atoms with Crippen LogP contribution in [-0.2, 0) is 14.8 Å². The van der Waals surface area contributed by atoms with Crippen molar-refractivity contribution in [1.29, 1.82) is 0 Å². The maximum absolute atomic E-state index is 12.7. The minimum Gasteiger partial charge on any atom is -0.378 e. The molecule has 8 nitrogen and oxygen atoms in total. The summed E-state index contributed by atoms with van der Waals surface area (Å²) < 4.78 is 32.4. The van der Waals surface area contributed by atoms with Crippen LogP contribution in [0.3, 0.4) is 0 Å². The normalized spacial score (nSPS) is 27.4. The Labute approximate surface area is 153 Å². The fourth-order valence-electron chi connectivity index (χ4n) is 3.98. The van der Waals surface area contributed by atoms with E-state index >= 15 is 0 Å². The highest BCUT2D eigenvalue weighted by atomic mass is 32.2. The van der Waals surface area contributed by atoms with E-state index in [2.05, 4.69) is 19.9 Å². The number of rotatable bonds is 5. The summed E-state index contributed by atoms with van der Waals surface area (Å²) >= 11 is 0. The molecule has 1 N–H and O–H groups in total. The second kappa shape index (κ2) is 6.79. The van der Waals surface area contributed by atoms with E-state index in [0.29, 0.717) is 25.8 Å². The SMILES string of the molecule is C[C@@H]1COCCN1S(=O)(=O)CC1CC(N(C)c2ncnc3[nH]ccc23)C1. The maximum atomic E-state index is 12.7. The predicted molar refractivity (Wildman–Crippen MR) is 99.6 cm³/mol. The lowest BCUT2D eigenvalue weighted by molar-refractivity contribution is 0.0389. The van der Waals surface area contributed by atoms with Crippen molar-refractivity contribution in [2.45, 2.75) is 31.8 Å². The van der Waals surface area contributed by atoms with Gasteiger partial charge in [-0.15, -0.1) is 0 Å². The minimum absolute atomic E-state index is 0.0739. The highest BCUT2D eigenvalue weighted by Gasteiger charge is 2.39. The number of hydrogen-bond acceptors (Lipinski definition) is 6. The number of aromatic nitrogens is 3. The summed E-state index contributed by atoms with van der Waals surface area (Å²) in [4.78, 5) is 13.9. The van der Waals surface area contributed by atoms with Gasteiger partial charge in [0.05, 0.1) is 24.4 Å². The largest absolute Gasteiger partial charge is 0.378 e. The Kier molecular flexibility index (Phi) is 4.62. The molecule has 0 bridgehead atoms. The van der Waals surface area contributed by atoms with Crippen molar-refractivity contribution >= 4 is 26.9 Å². The molecule has 1 aliphatic carbocycles. The third-order valence-electron chi connectivity index (χ3n) is 5.54. The smallest absolute Gasteiger partial charge is 0.214 e. The lowest BCUT2D eigenvalue weighted by atomic mass is 9.81. The molecule has 9 heteroatoms. The number of aromatic amines is 1. The second-order valence-corrected chi connectivity index (χ2v) is 9.32. The van der Waals surface area contributed by atoms with Crippen molar-refractivity contribution in [2.75, 3.05) is 37.5 Å². The van der Waals surface area contributed by atoms with Crippen molar-refractivity contribution < 1.29 is 13.2 Å². The van der Waals surface area contributed by atoms with Gasteiger partial charge in [0, 0.05) is 31.9 Å². The molecule has 1 saturated heterocycles. The number of hydrogen-bond donors (Lipinski definition) is 1. The molecule has 0 radical (unpaired) electrons. The summed E-state index contributed by atoms with van der Waals surface area (Å²) in [7, 11) is -1.21. The molecule has 4 rings (SSSR count). The fourth-order valence-corrected chi connectivity index (χ4v) is 6.01. The molecular weight excluding hydrogens is 354 g/mol. The van der Waals surface area contributed by atoms with Gasteiger partial charge in [0.1, 0.15) is 17.8 Å². The fraction of sp³-hybridized carbons (Fsp3) is 0.647. The molecule has 2 aromatic rings. The molecule has 0 amide bonds. The van der Waals surface area contributed by atoms with E-state index in [1.54, 1.807) is 10.6 Å². The highest BCUT2D eigenvalue weighted by Crippen LogP contribution is 2.36. The van der Waals surface area contributed by atoms with Crippen molar-refractivity contribution in [2.24, 2.45) is 5.92 Å². The van der Waals surface area contributed by atoms with Gasteiger partial charge in [-0.2, -0.15) is 4.31 Å². The Morgan fingerprint density at radius 2 is 2.19 bits per heavy atom. The molecule has 1 aliphatic heterocycles. The summed E-state index contributed by atoms with van der Waals surface area (Å²) in [6.45, 7) is 3.34. The molecule has 3 heterocycles. The van der Waals surface area contributed by atoms with Gasteiger partial charge in [0.2, 0.25) is 10.0 Å². The van der Waals surface area contributed by atoms with Gasteiger partial charge in [-0.1, -0.05) is 0 Å². The zero-order valence-corrected chi connectivity index (χ0v) is 15.9. The summed E-state index contributed by atoms with van der Waals surface area (Å²) in [5.41, 5.74) is 0.821. The third kappa shape index (κ3) is 3.19. The van der Waals surface area contributed by atoms with Gasteiger partial charge >= 0.3 is 0 Å². The summed E-state index contributed by atoms with van der Waals surface area (Å²) in [5.74, 6) is 1.32. The van der Waals surface area contributed by atoms with Crippen molar-refractivity contribution in [3.8, 4) is 0 Å². The molecule has 26 heavy (non-hydrogen) atoms. The van der Waals surface area contributed by atoms with Crippen LogP contribution in [-0.4, -0.2) is 72.3 Å². The van der Waals surface area contributed by atoms with Crippen LogP contribution >= 0.6 is 0 Å². The van der Waals surface area contributed by atoms with E-state index in [4.69, 9.17) is 4.74 Å². The molecule has 2 aromatic heterocycles. The monoisotopic (exact) mass is 379 g/mol. The average molecular weight is 379 g/mol. The van der Waals surface area contributed by atoms with E-state index in [0.717, 1.165) is 29.7 Å². The van der Waals surface area contributed by atoms with Crippen LogP contribution in [0.25, 0.3) is 11.0 Å². The maximum Gasteiger partial charge on any atom is 0.214 e. The molecule has 1 atom stereocenters. The molecule has 2 fully saturated rings. The zero-order chi connectivity index (χ0) is 18.3. The van der Waals surface area contributed by atoms with E-state index < -0.39 is 10.0 Å². The first-order valence-electron chi connectivity index (χ1n) is 9.04. The Bertz CT molecular complexity index is 877. The first-order valence-corrected chi connectivity index (χ1v) is 10.6. The lowest BCUT2D eigenvalue weighted by Gasteiger charge is -2.43. The van der Waals surface area contributed by atoms with Crippen LogP contribution in [0.1, 0.15) is 19.8 Å². The Balaban J connectivity index is 1.38. The highest BCUT2D eigenvalue weighted by molar-refractivity contribution is 7.89. The van der Waals surface area contributed by atoms with Gasteiger partial charge in [0.15, 0.2) is 0 Å². The molecule has 142 valence electrons. The lowest BCUT2D eigenvalue weighted by Crippen LogP contribution is -2.51. The van der Waals surface area contributed by atoms with E-state index in [-0.39, 0.29) is 17.7 Å². The summed E-state index contributed by atoms with van der Waals surface area (Å²) in [5, 5.41) is 0.994. The van der Waals surface area contributed by atoms with E-state index in [1.165, 1.54) is 0 Å². The number of fused-ring (bicyclic) bond motifs is 1. The summed E-state index contributed by atoms with van der Waals surface area (Å²) in [6, 6.07) is 2.21. The van der Waals surface area contributed by atoms with Crippen molar-refractivity contribution in [3.05, 3.63) is 18.6 Å². The molecule has 0 aromatic carbocycles. The number of ether oxygens (including phenoxy) is 1. The van der Waals surface area contributed by atoms with Crippen LogP contribution in [0.4, 0.5) is 5.82 Å². The van der Waals surface area contributed by atoms with E-state index in [9.17, 15) is 8.42 Å². The van der Waals surface area contributed by atoms with Crippen LogP contribution in [0.2, 0.25) is 0 Å². The Morgan fingerprint density at radius 3 is 2.96 bits per heavy atom. The quantitative estimate of drug-likeness (QED) is 0.840.